The molecular weight excluding hydrogens is 320 g/mol. The van der Waals surface area contributed by atoms with Gasteiger partial charge in [0.25, 0.3) is 0 Å². The Kier molecular flexibility index (Phi) is 3.80. The summed E-state index contributed by atoms with van der Waals surface area (Å²) in [6.45, 7) is 0. The van der Waals surface area contributed by atoms with Gasteiger partial charge in [0, 0.05) is 21.0 Å². The van der Waals surface area contributed by atoms with Crippen molar-refractivity contribution in [3.63, 3.8) is 0 Å². The Morgan fingerprint density at radius 3 is 2.68 bits per heavy atom. The minimum atomic E-state index is 0.879. The van der Waals surface area contributed by atoms with Gasteiger partial charge in [0.1, 0.15) is 5.03 Å². The van der Waals surface area contributed by atoms with Crippen LogP contribution in [0, 0.1) is 0 Å². The number of nitrogens with zero attached hydrogens (tertiary/aromatic N) is 2. The highest BCUT2D eigenvalue weighted by molar-refractivity contribution is 9.10. The van der Waals surface area contributed by atoms with E-state index in [9.17, 15) is 0 Å². The summed E-state index contributed by atoms with van der Waals surface area (Å²) in [6, 6.07) is 16.5. The zero-order valence-electron chi connectivity index (χ0n) is 10.1. The number of rotatable bonds is 3. The van der Waals surface area contributed by atoms with Crippen molar-refractivity contribution in [3.8, 4) is 0 Å². The number of halogens is 1. The zero-order valence-corrected chi connectivity index (χ0v) is 12.5. The van der Waals surface area contributed by atoms with Gasteiger partial charge in [-0.15, -0.1) is 5.10 Å². The molecule has 0 saturated heterocycles. The molecule has 0 fully saturated rings. The Morgan fingerprint density at radius 2 is 1.79 bits per heavy atom. The maximum atomic E-state index is 4.25. The Balaban J connectivity index is 1.88. The molecular formula is C15H11BrN2S. The van der Waals surface area contributed by atoms with E-state index in [-0.39, 0.29) is 0 Å². The quantitative estimate of drug-likeness (QED) is 0.652. The van der Waals surface area contributed by atoms with Gasteiger partial charge in [-0.3, -0.25) is 0 Å². The largest absolute Gasteiger partial charge is 0.157 e. The van der Waals surface area contributed by atoms with Gasteiger partial charge < -0.3 is 0 Å². The summed E-state index contributed by atoms with van der Waals surface area (Å²) >= 11 is 5.28. The summed E-state index contributed by atoms with van der Waals surface area (Å²) < 4.78 is 1.13. The topological polar surface area (TPSA) is 25.8 Å². The van der Waals surface area contributed by atoms with Crippen LogP contribution in [0.3, 0.4) is 0 Å². The average Bonchev–Trinajstić information content (AvgIpc) is 2.46. The monoisotopic (exact) mass is 330 g/mol. The lowest BCUT2D eigenvalue weighted by atomic mass is 10.2. The fourth-order valence-electron chi connectivity index (χ4n) is 1.87. The first kappa shape index (κ1) is 12.6. The van der Waals surface area contributed by atoms with E-state index in [1.165, 1.54) is 5.56 Å². The number of benzene rings is 2. The predicted molar refractivity (Wildman–Crippen MR) is 83.2 cm³/mol. The Hall–Kier alpha value is -1.39. The van der Waals surface area contributed by atoms with Crippen LogP contribution in [0.2, 0.25) is 0 Å². The molecule has 0 bridgehead atoms. The summed E-state index contributed by atoms with van der Waals surface area (Å²) in [5.41, 5.74) is 1.27. The molecule has 3 rings (SSSR count). The molecule has 0 saturated carbocycles. The summed E-state index contributed by atoms with van der Waals surface area (Å²) in [6.07, 6.45) is 1.80. The van der Waals surface area contributed by atoms with E-state index in [1.807, 2.05) is 18.2 Å². The molecule has 0 atom stereocenters. The third-order valence-corrected chi connectivity index (χ3v) is 4.66. The van der Waals surface area contributed by atoms with Crippen molar-refractivity contribution in [2.45, 2.75) is 10.8 Å². The smallest absolute Gasteiger partial charge is 0.127 e. The van der Waals surface area contributed by atoms with Crippen molar-refractivity contribution in [2.24, 2.45) is 0 Å². The molecule has 2 nitrogen and oxygen atoms in total. The van der Waals surface area contributed by atoms with Crippen LogP contribution in [0.1, 0.15) is 5.56 Å². The van der Waals surface area contributed by atoms with Crippen LogP contribution < -0.4 is 0 Å². The van der Waals surface area contributed by atoms with Crippen LogP contribution in [-0.4, -0.2) is 10.2 Å². The molecule has 0 radical (unpaired) electrons. The normalized spacial score (nSPS) is 10.8. The maximum Gasteiger partial charge on any atom is 0.127 e. The van der Waals surface area contributed by atoms with Gasteiger partial charge in [-0.05, 0) is 11.6 Å². The predicted octanol–water partition coefficient (Wildman–Crippen LogP) is 4.68. The molecule has 0 unspecified atom stereocenters. The number of hydrogen-bond acceptors (Lipinski definition) is 3. The second kappa shape index (κ2) is 5.72. The molecule has 3 aromatic rings. The minimum Gasteiger partial charge on any atom is -0.157 e. The highest BCUT2D eigenvalue weighted by Crippen LogP contribution is 2.29. The lowest BCUT2D eigenvalue weighted by Gasteiger charge is -2.05. The van der Waals surface area contributed by atoms with E-state index < -0.39 is 0 Å². The molecule has 0 amide bonds. The van der Waals surface area contributed by atoms with Crippen molar-refractivity contribution >= 4 is 38.5 Å². The maximum absolute atomic E-state index is 4.25. The molecule has 19 heavy (non-hydrogen) atoms. The van der Waals surface area contributed by atoms with E-state index in [0.29, 0.717) is 0 Å². The van der Waals surface area contributed by atoms with E-state index in [4.69, 9.17) is 0 Å². The van der Waals surface area contributed by atoms with Gasteiger partial charge >= 0.3 is 0 Å². The number of thioether (sulfide) groups is 1. The van der Waals surface area contributed by atoms with Crippen LogP contribution in [0.15, 0.2) is 64.2 Å². The summed E-state index contributed by atoms with van der Waals surface area (Å²) in [7, 11) is 0. The Labute approximate surface area is 124 Å². The van der Waals surface area contributed by atoms with Crippen LogP contribution >= 0.6 is 27.7 Å². The van der Waals surface area contributed by atoms with Crippen molar-refractivity contribution in [3.05, 3.63) is 64.8 Å². The lowest BCUT2D eigenvalue weighted by molar-refractivity contribution is 0.955. The molecule has 2 aromatic carbocycles. The van der Waals surface area contributed by atoms with Gasteiger partial charge in [0.2, 0.25) is 0 Å². The van der Waals surface area contributed by atoms with Crippen molar-refractivity contribution in [1.29, 1.82) is 0 Å². The highest BCUT2D eigenvalue weighted by Gasteiger charge is 2.05. The van der Waals surface area contributed by atoms with E-state index in [2.05, 4.69) is 56.5 Å². The first-order valence-electron chi connectivity index (χ1n) is 5.91. The van der Waals surface area contributed by atoms with Gasteiger partial charge in [0.15, 0.2) is 0 Å². The van der Waals surface area contributed by atoms with Gasteiger partial charge in [-0.2, -0.15) is 5.10 Å². The van der Waals surface area contributed by atoms with E-state index in [0.717, 1.165) is 26.0 Å². The molecule has 94 valence electrons. The Morgan fingerprint density at radius 1 is 1.00 bits per heavy atom. The van der Waals surface area contributed by atoms with Crippen LogP contribution in [0.25, 0.3) is 10.8 Å². The summed E-state index contributed by atoms with van der Waals surface area (Å²) in [4.78, 5) is 0. The second-order valence-electron chi connectivity index (χ2n) is 4.12. The molecule has 4 heteroatoms. The molecule has 0 aliphatic heterocycles. The number of aromatic nitrogens is 2. The fourth-order valence-corrected chi connectivity index (χ4v) is 3.47. The molecule has 0 N–H and O–H groups in total. The summed E-state index contributed by atoms with van der Waals surface area (Å²) in [5, 5.41) is 11.6. The number of hydrogen-bond donors (Lipinski definition) is 0. The SMILES string of the molecule is Brc1ccccc1CSc1nncc2ccccc12. The number of fused-ring (bicyclic) bond motifs is 1. The third-order valence-electron chi connectivity index (χ3n) is 2.86. The zero-order chi connectivity index (χ0) is 13.1. The first-order chi connectivity index (χ1) is 9.34. The van der Waals surface area contributed by atoms with E-state index in [1.54, 1.807) is 18.0 Å². The van der Waals surface area contributed by atoms with Crippen molar-refractivity contribution in [2.75, 3.05) is 0 Å². The van der Waals surface area contributed by atoms with Crippen molar-refractivity contribution in [1.82, 2.24) is 10.2 Å². The van der Waals surface area contributed by atoms with Gasteiger partial charge in [-0.25, -0.2) is 0 Å². The molecule has 0 spiro atoms. The molecule has 0 aliphatic carbocycles. The van der Waals surface area contributed by atoms with Crippen molar-refractivity contribution < 1.29 is 0 Å². The highest BCUT2D eigenvalue weighted by atomic mass is 79.9. The molecule has 0 aliphatic rings. The molecule has 1 aromatic heterocycles. The van der Waals surface area contributed by atoms with E-state index >= 15 is 0 Å². The lowest BCUT2D eigenvalue weighted by Crippen LogP contribution is -1.89. The third kappa shape index (κ3) is 2.80. The van der Waals surface area contributed by atoms with Crippen LogP contribution in [-0.2, 0) is 5.75 Å². The standard InChI is InChI=1S/C15H11BrN2S/c16-14-8-4-2-6-12(14)10-19-15-13-7-3-1-5-11(13)9-17-18-15/h1-9H,10H2. The second-order valence-corrected chi connectivity index (χ2v) is 5.94. The first-order valence-corrected chi connectivity index (χ1v) is 7.69. The van der Waals surface area contributed by atoms with Crippen LogP contribution in [0.5, 0.6) is 0 Å². The minimum absolute atomic E-state index is 0.879. The average molecular weight is 331 g/mol. The van der Waals surface area contributed by atoms with Gasteiger partial charge in [0.05, 0.1) is 6.20 Å². The summed E-state index contributed by atoms with van der Waals surface area (Å²) in [5.74, 6) is 0.879. The fraction of sp³-hybridized carbons (Fsp3) is 0.0667. The molecule has 1 heterocycles. The van der Waals surface area contributed by atoms with Crippen LogP contribution in [0.4, 0.5) is 0 Å². The Bertz CT molecular complexity index is 710. The van der Waals surface area contributed by atoms with Gasteiger partial charge in [-0.1, -0.05) is 70.2 Å².